The van der Waals surface area contributed by atoms with Crippen LogP contribution in [0.4, 0.5) is 20.2 Å². The van der Waals surface area contributed by atoms with Crippen LogP contribution in [0.15, 0.2) is 17.1 Å². The largest absolute Gasteiger partial charge is 0.457 e. The SMILES string of the molecule is CC(=O)NC[C@@H](/C=N/c1cc(F)c(N2CCON(S(=O)(=O)CCO)CC2)c(F)c1)OC=O. The van der Waals surface area contributed by atoms with E-state index in [0.717, 1.165) is 18.3 Å². The van der Waals surface area contributed by atoms with E-state index in [4.69, 9.17) is 14.7 Å². The molecule has 0 aliphatic carbocycles. The standard InChI is InChI=1S/C18H24F2N4O7S/c1-13(27)21-10-15(30-12-26)11-22-14-8-16(19)18(17(20)9-14)23-2-3-24(31-6-4-23)32(28,29)7-5-25/h8-9,11-12,15,25H,2-7,10H2,1H3,(H,21,27)/b22-11+/t15-/m0/s1. The third-order valence-electron chi connectivity index (χ3n) is 4.30. The van der Waals surface area contributed by atoms with Gasteiger partial charge in [0.15, 0.2) is 17.7 Å². The van der Waals surface area contributed by atoms with E-state index in [1.165, 1.54) is 11.8 Å². The number of anilines is 1. The highest BCUT2D eigenvalue weighted by Crippen LogP contribution is 2.29. The molecule has 11 nitrogen and oxygen atoms in total. The first-order chi connectivity index (χ1) is 15.2. The molecule has 14 heteroatoms. The second-order valence-electron chi connectivity index (χ2n) is 6.63. The number of benzene rings is 1. The highest BCUT2D eigenvalue weighted by molar-refractivity contribution is 7.88. The van der Waals surface area contributed by atoms with E-state index >= 15 is 0 Å². The van der Waals surface area contributed by atoms with Crippen LogP contribution in [0.3, 0.4) is 0 Å². The number of carbonyl (C=O) groups excluding carboxylic acids is 2. The number of aliphatic imine (C=N–C) groups is 1. The van der Waals surface area contributed by atoms with Gasteiger partial charge < -0.3 is 20.1 Å². The number of aliphatic hydroxyl groups excluding tert-OH is 1. The molecule has 0 unspecified atom stereocenters. The summed E-state index contributed by atoms with van der Waals surface area (Å²) >= 11 is 0. The van der Waals surface area contributed by atoms with Crippen LogP contribution < -0.4 is 10.2 Å². The molecule has 1 atom stereocenters. The lowest BCUT2D eigenvalue weighted by molar-refractivity contribution is -0.131. The van der Waals surface area contributed by atoms with Crippen LogP contribution in [0.2, 0.25) is 0 Å². The fraction of sp³-hybridized carbons (Fsp3) is 0.500. The Labute approximate surface area is 183 Å². The zero-order valence-electron chi connectivity index (χ0n) is 17.2. The second kappa shape index (κ2) is 11.8. The number of carbonyl (C=O) groups is 2. The summed E-state index contributed by atoms with van der Waals surface area (Å²) in [5.74, 6) is -2.75. The van der Waals surface area contributed by atoms with Gasteiger partial charge in [0.1, 0.15) is 5.69 Å². The third kappa shape index (κ3) is 7.19. The lowest BCUT2D eigenvalue weighted by Crippen LogP contribution is -2.36. The van der Waals surface area contributed by atoms with E-state index in [9.17, 15) is 26.8 Å². The molecule has 1 fully saturated rings. The van der Waals surface area contributed by atoms with Gasteiger partial charge in [0.25, 0.3) is 6.47 Å². The number of sulfonamides is 1. The van der Waals surface area contributed by atoms with E-state index < -0.39 is 40.1 Å². The fourth-order valence-electron chi connectivity index (χ4n) is 2.84. The van der Waals surface area contributed by atoms with Crippen LogP contribution in [-0.4, -0.2) is 87.8 Å². The van der Waals surface area contributed by atoms with Crippen LogP contribution in [0, 0.1) is 11.6 Å². The third-order valence-corrected chi connectivity index (χ3v) is 5.91. The highest BCUT2D eigenvalue weighted by atomic mass is 32.2. The van der Waals surface area contributed by atoms with Crippen molar-refractivity contribution in [1.82, 2.24) is 9.79 Å². The molecule has 2 N–H and O–H groups in total. The number of nitrogens with zero attached hydrogens (tertiary/aromatic N) is 3. The van der Waals surface area contributed by atoms with Crippen LogP contribution in [0.25, 0.3) is 0 Å². The van der Waals surface area contributed by atoms with Crippen molar-refractivity contribution in [1.29, 1.82) is 0 Å². The van der Waals surface area contributed by atoms with Crippen molar-refractivity contribution in [2.24, 2.45) is 4.99 Å². The zero-order chi connectivity index (χ0) is 23.7. The van der Waals surface area contributed by atoms with Gasteiger partial charge in [-0.25, -0.2) is 17.2 Å². The average Bonchev–Trinajstić information content (AvgIpc) is 2.96. The normalized spacial score (nSPS) is 16.6. The monoisotopic (exact) mass is 478 g/mol. The summed E-state index contributed by atoms with van der Waals surface area (Å²) in [6.07, 6.45) is 0.193. The number of aliphatic hydroxyl groups is 1. The smallest absolute Gasteiger partial charge is 0.293 e. The minimum absolute atomic E-state index is 0.0214. The number of amides is 1. The van der Waals surface area contributed by atoms with Gasteiger partial charge in [-0.15, -0.1) is 0 Å². The first kappa shape index (κ1) is 25.6. The number of hydroxylamine groups is 1. The molecule has 1 saturated heterocycles. The van der Waals surface area contributed by atoms with Gasteiger partial charge >= 0.3 is 0 Å². The molecule has 1 aliphatic heterocycles. The fourth-order valence-corrected chi connectivity index (χ4v) is 3.87. The van der Waals surface area contributed by atoms with Crippen molar-refractivity contribution < 1.29 is 41.5 Å². The Morgan fingerprint density at radius 3 is 2.62 bits per heavy atom. The molecule has 0 radical (unpaired) electrons. The first-order valence-electron chi connectivity index (χ1n) is 9.54. The maximum atomic E-state index is 14.7. The first-order valence-corrected chi connectivity index (χ1v) is 11.1. The Bertz CT molecular complexity index is 922. The molecule has 0 bridgehead atoms. The second-order valence-corrected chi connectivity index (χ2v) is 8.61. The van der Waals surface area contributed by atoms with Gasteiger partial charge in [-0.1, -0.05) is 4.47 Å². The number of hydrogen-bond donors (Lipinski definition) is 2. The van der Waals surface area contributed by atoms with E-state index in [1.54, 1.807) is 0 Å². The van der Waals surface area contributed by atoms with Gasteiger partial charge in [0.05, 0.1) is 37.7 Å². The number of nitrogens with one attached hydrogen (secondary N) is 1. The Hall–Kier alpha value is -2.68. The molecular formula is C18H24F2N4O7S. The average molecular weight is 478 g/mol. The Morgan fingerprint density at radius 1 is 1.34 bits per heavy atom. The predicted octanol–water partition coefficient (Wildman–Crippen LogP) is -0.279. The molecule has 2 rings (SSSR count). The Kier molecular flexibility index (Phi) is 9.43. The van der Waals surface area contributed by atoms with Crippen molar-refractivity contribution >= 4 is 40.0 Å². The lowest BCUT2D eigenvalue weighted by atomic mass is 10.2. The minimum Gasteiger partial charge on any atom is -0.457 e. The quantitative estimate of drug-likeness (QED) is 0.346. The molecule has 178 valence electrons. The van der Waals surface area contributed by atoms with Crippen LogP contribution in [-0.2, 0) is 29.2 Å². The van der Waals surface area contributed by atoms with E-state index in [2.05, 4.69) is 10.3 Å². The summed E-state index contributed by atoms with van der Waals surface area (Å²) < 4.78 is 58.9. The van der Waals surface area contributed by atoms with Crippen molar-refractivity contribution in [2.45, 2.75) is 13.0 Å². The number of ether oxygens (including phenoxy) is 1. The molecule has 1 aromatic rings. The molecule has 0 spiro atoms. The van der Waals surface area contributed by atoms with E-state index in [0.29, 0.717) is 4.47 Å². The van der Waals surface area contributed by atoms with Crippen LogP contribution >= 0.6 is 0 Å². The summed E-state index contributed by atoms with van der Waals surface area (Å²) in [6, 6.07) is 1.94. The molecule has 1 heterocycles. The van der Waals surface area contributed by atoms with Gasteiger partial charge in [-0.3, -0.25) is 19.4 Å². The minimum atomic E-state index is -3.85. The molecular weight excluding hydrogens is 454 g/mol. The van der Waals surface area contributed by atoms with Crippen molar-refractivity contribution in [3.63, 3.8) is 0 Å². The van der Waals surface area contributed by atoms with E-state index in [-0.39, 0.29) is 56.5 Å². The molecule has 0 aromatic heterocycles. The summed E-state index contributed by atoms with van der Waals surface area (Å²) in [7, 11) is -3.85. The van der Waals surface area contributed by atoms with Crippen LogP contribution in [0.5, 0.6) is 0 Å². The van der Waals surface area contributed by atoms with E-state index in [1.807, 2.05) is 0 Å². The van der Waals surface area contributed by atoms with Gasteiger partial charge in [-0.2, -0.15) is 0 Å². The van der Waals surface area contributed by atoms with Crippen molar-refractivity contribution in [3.8, 4) is 0 Å². The van der Waals surface area contributed by atoms with Gasteiger partial charge in [0, 0.05) is 38.4 Å². The number of rotatable bonds is 10. The predicted molar refractivity (Wildman–Crippen MR) is 110 cm³/mol. The zero-order valence-corrected chi connectivity index (χ0v) is 18.1. The maximum absolute atomic E-state index is 14.7. The highest BCUT2D eigenvalue weighted by Gasteiger charge is 2.28. The van der Waals surface area contributed by atoms with Crippen LogP contribution in [0.1, 0.15) is 6.92 Å². The molecule has 32 heavy (non-hydrogen) atoms. The topological polar surface area (TPSA) is 138 Å². The Balaban J connectivity index is 2.15. The summed E-state index contributed by atoms with van der Waals surface area (Å²) in [5, 5.41) is 11.3. The van der Waals surface area contributed by atoms with Crippen molar-refractivity contribution in [3.05, 3.63) is 23.8 Å². The maximum Gasteiger partial charge on any atom is 0.293 e. The summed E-state index contributed by atoms with van der Waals surface area (Å²) in [6.45, 7) is 0.430. The summed E-state index contributed by atoms with van der Waals surface area (Å²) in [5.41, 5.74) is -0.461. The van der Waals surface area contributed by atoms with Crippen molar-refractivity contribution in [2.75, 3.05) is 50.0 Å². The van der Waals surface area contributed by atoms with Gasteiger partial charge in [0.2, 0.25) is 15.9 Å². The summed E-state index contributed by atoms with van der Waals surface area (Å²) in [4.78, 5) is 31.9. The lowest BCUT2D eigenvalue weighted by Gasteiger charge is -2.23. The molecule has 1 amide bonds. The molecule has 1 aliphatic rings. The van der Waals surface area contributed by atoms with Gasteiger partial charge in [-0.05, 0) is 0 Å². The molecule has 0 saturated carbocycles. The Morgan fingerprint density at radius 2 is 2.03 bits per heavy atom. The number of hydrogen-bond acceptors (Lipinski definition) is 9. The molecule has 1 aromatic carbocycles. The number of halogens is 2.